The monoisotopic (exact) mass is 332 g/mol. The van der Waals surface area contributed by atoms with Gasteiger partial charge in [0.1, 0.15) is 5.75 Å². The molecule has 24 heavy (non-hydrogen) atoms. The van der Waals surface area contributed by atoms with E-state index in [-0.39, 0.29) is 11.9 Å². The fourth-order valence-electron chi connectivity index (χ4n) is 3.35. The summed E-state index contributed by atoms with van der Waals surface area (Å²) in [5.41, 5.74) is 1.09. The number of rotatable bonds is 9. The molecule has 0 saturated carbocycles. The summed E-state index contributed by atoms with van der Waals surface area (Å²) in [6, 6.07) is 8.07. The van der Waals surface area contributed by atoms with E-state index in [1.54, 1.807) is 0 Å². The van der Waals surface area contributed by atoms with Crippen molar-refractivity contribution in [2.24, 2.45) is 11.8 Å². The van der Waals surface area contributed by atoms with Crippen molar-refractivity contribution < 1.29 is 9.53 Å². The summed E-state index contributed by atoms with van der Waals surface area (Å²) in [7, 11) is 0. The third-order valence-electron chi connectivity index (χ3n) is 4.58. The van der Waals surface area contributed by atoms with Gasteiger partial charge in [0.15, 0.2) is 0 Å². The van der Waals surface area contributed by atoms with E-state index >= 15 is 0 Å². The molecule has 2 N–H and O–H groups in total. The van der Waals surface area contributed by atoms with Gasteiger partial charge < -0.3 is 15.4 Å². The minimum Gasteiger partial charge on any atom is -0.494 e. The molecule has 134 valence electrons. The SMILES string of the molecule is CCOc1ccccc1C(CC(C)C)NC(=O)CCC1CCNC1. The van der Waals surface area contributed by atoms with Crippen LogP contribution in [0.2, 0.25) is 0 Å². The molecule has 1 aliphatic heterocycles. The molecule has 1 aromatic carbocycles. The molecule has 1 saturated heterocycles. The summed E-state index contributed by atoms with van der Waals surface area (Å²) < 4.78 is 5.76. The smallest absolute Gasteiger partial charge is 0.220 e. The Hall–Kier alpha value is -1.55. The molecule has 0 aromatic heterocycles. The number of benzene rings is 1. The summed E-state index contributed by atoms with van der Waals surface area (Å²) in [5.74, 6) is 2.18. The molecule has 4 heteroatoms. The molecular formula is C20H32N2O2. The Morgan fingerprint density at radius 3 is 2.83 bits per heavy atom. The van der Waals surface area contributed by atoms with Gasteiger partial charge in [-0.3, -0.25) is 4.79 Å². The summed E-state index contributed by atoms with van der Waals surface area (Å²) in [4.78, 5) is 12.5. The van der Waals surface area contributed by atoms with Crippen molar-refractivity contribution in [1.29, 1.82) is 0 Å². The first-order valence-electron chi connectivity index (χ1n) is 9.32. The van der Waals surface area contributed by atoms with Crippen LogP contribution in [0.4, 0.5) is 0 Å². The van der Waals surface area contributed by atoms with Crippen LogP contribution in [0.15, 0.2) is 24.3 Å². The molecule has 1 aromatic rings. The molecule has 2 rings (SSSR count). The lowest BCUT2D eigenvalue weighted by molar-refractivity contribution is -0.122. The number of ether oxygens (including phenoxy) is 1. The molecule has 1 amide bonds. The Morgan fingerprint density at radius 1 is 1.38 bits per heavy atom. The fraction of sp³-hybridized carbons (Fsp3) is 0.650. The topological polar surface area (TPSA) is 50.4 Å². The second-order valence-corrected chi connectivity index (χ2v) is 7.12. The van der Waals surface area contributed by atoms with Crippen LogP contribution in [0.1, 0.15) is 58.1 Å². The van der Waals surface area contributed by atoms with E-state index in [4.69, 9.17) is 4.74 Å². The fourth-order valence-corrected chi connectivity index (χ4v) is 3.35. The Morgan fingerprint density at radius 2 is 2.17 bits per heavy atom. The van der Waals surface area contributed by atoms with Gasteiger partial charge in [-0.15, -0.1) is 0 Å². The Balaban J connectivity index is 2.00. The van der Waals surface area contributed by atoms with Crippen LogP contribution in [0.3, 0.4) is 0 Å². The molecule has 2 atom stereocenters. The molecule has 4 nitrogen and oxygen atoms in total. The molecule has 1 fully saturated rings. The zero-order valence-electron chi connectivity index (χ0n) is 15.3. The van der Waals surface area contributed by atoms with Gasteiger partial charge in [-0.2, -0.15) is 0 Å². The number of hydrogen-bond donors (Lipinski definition) is 2. The largest absolute Gasteiger partial charge is 0.494 e. The second-order valence-electron chi connectivity index (χ2n) is 7.12. The third-order valence-corrected chi connectivity index (χ3v) is 4.58. The average Bonchev–Trinajstić information content (AvgIpc) is 3.06. The van der Waals surface area contributed by atoms with Crippen LogP contribution in [0.25, 0.3) is 0 Å². The molecule has 0 aliphatic carbocycles. The molecule has 0 bridgehead atoms. The quantitative estimate of drug-likeness (QED) is 0.725. The highest BCUT2D eigenvalue weighted by Crippen LogP contribution is 2.30. The molecule has 1 aliphatic rings. The first kappa shape index (κ1) is 18.8. The van der Waals surface area contributed by atoms with Gasteiger partial charge >= 0.3 is 0 Å². The van der Waals surface area contributed by atoms with Gasteiger partial charge in [0.05, 0.1) is 12.6 Å². The molecular weight excluding hydrogens is 300 g/mol. The maximum Gasteiger partial charge on any atom is 0.220 e. The minimum atomic E-state index is 0.0157. The Bertz CT molecular complexity index is 510. The lowest BCUT2D eigenvalue weighted by atomic mass is 9.95. The predicted molar refractivity (Wildman–Crippen MR) is 98.2 cm³/mol. The van der Waals surface area contributed by atoms with Crippen molar-refractivity contribution in [3.05, 3.63) is 29.8 Å². The van der Waals surface area contributed by atoms with Crippen molar-refractivity contribution in [3.8, 4) is 5.75 Å². The van der Waals surface area contributed by atoms with E-state index in [9.17, 15) is 4.79 Å². The van der Waals surface area contributed by atoms with E-state index in [0.717, 1.165) is 37.2 Å². The highest BCUT2D eigenvalue weighted by atomic mass is 16.5. The van der Waals surface area contributed by atoms with Crippen LogP contribution < -0.4 is 15.4 Å². The normalized spacial score (nSPS) is 18.6. The van der Waals surface area contributed by atoms with E-state index in [0.29, 0.717) is 24.9 Å². The maximum atomic E-state index is 12.5. The van der Waals surface area contributed by atoms with Crippen molar-refractivity contribution in [2.75, 3.05) is 19.7 Å². The van der Waals surface area contributed by atoms with Crippen molar-refractivity contribution in [2.45, 2.75) is 52.5 Å². The van der Waals surface area contributed by atoms with Crippen molar-refractivity contribution >= 4 is 5.91 Å². The number of amides is 1. The summed E-state index contributed by atoms with van der Waals surface area (Å²) in [5, 5.41) is 6.61. The van der Waals surface area contributed by atoms with Gasteiger partial charge in [0.25, 0.3) is 0 Å². The number of carbonyl (C=O) groups is 1. The van der Waals surface area contributed by atoms with Crippen LogP contribution in [-0.2, 0) is 4.79 Å². The lowest BCUT2D eigenvalue weighted by Crippen LogP contribution is -2.30. The Labute approximate surface area is 146 Å². The molecule has 0 spiro atoms. The molecule has 0 radical (unpaired) electrons. The summed E-state index contributed by atoms with van der Waals surface area (Å²) >= 11 is 0. The van der Waals surface area contributed by atoms with Gasteiger partial charge in [-0.05, 0) is 57.2 Å². The lowest BCUT2D eigenvalue weighted by Gasteiger charge is -2.23. The number of nitrogens with one attached hydrogen (secondary N) is 2. The zero-order chi connectivity index (χ0) is 17.4. The zero-order valence-corrected chi connectivity index (χ0v) is 15.3. The van der Waals surface area contributed by atoms with Crippen LogP contribution in [0.5, 0.6) is 5.75 Å². The number of para-hydroxylation sites is 1. The average molecular weight is 332 g/mol. The van der Waals surface area contributed by atoms with Gasteiger partial charge in [-0.25, -0.2) is 0 Å². The first-order chi connectivity index (χ1) is 11.6. The Kier molecular flexibility index (Phi) is 7.57. The standard InChI is InChI=1S/C20H32N2O2/c1-4-24-19-8-6-5-7-17(19)18(13-15(2)3)22-20(23)10-9-16-11-12-21-14-16/h5-8,15-16,18,21H,4,9-14H2,1-3H3,(H,22,23). The number of carbonyl (C=O) groups excluding carboxylic acids is 1. The summed E-state index contributed by atoms with van der Waals surface area (Å²) in [6.45, 7) is 9.13. The van der Waals surface area contributed by atoms with Crippen LogP contribution in [-0.4, -0.2) is 25.6 Å². The van der Waals surface area contributed by atoms with E-state index in [2.05, 4.69) is 30.5 Å². The third kappa shape index (κ3) is 5.82. The minimum absolute atomic E-state index is 0.0157. The highest BCUT2D eigenvalue weighted by Gasteiger charge is 2.21. The van der Waals surface area contributed by atoms with E-state index < -0.39 is 0 Å². The first-order valence-corrected chi connectivity index (χ1v) is 9.32. The van der Waals surface area contributed by atoms with Gasteiger partial charge in [-0.1, -0.05) is 32.0 Å². The number of hydrogen-bond acceptors (Lipinski definition) is 3. The van der Waals surface area contributed by atoms with Crippen LogP contribution in [0, 0.1) is 11.8 Å². The highest BCUT2D eigenvalue weighted by molar-refractivity contribution is 5.76. The van der Waals surface area contributed by atoms with Crippen LogP contribution >= 0.6 is 0 Å². The van der Waals surface area contributed by atoms with E-state index in [1.165, 1.54) is 6.42 Å². The van der Waals surface area contributed by atoms with Crippen molar-refractivity contribution in [1.82, 2.24) is 10.6 Å². The molecule has 1 heterocycles. The maximum absolute atomic E-state index is 12.5. The van der Waals surface area contributed by atoms with Gasteiger partial charge in [0, 0.05) is 12.0 Å². The van der Waals surface area contributed by atoms with Gasteiger partial charge in [0.2, 0.25) is 5.91 Å². The van der Waals surface area contributed by atoms with Crippen molar-refractivity contribution in [3.63, 3.8) is 0 Å². The molecule has 2 unspecified atom stereocenters. The summed E-state index contributed by atoms with van der Waals surface area (Å²) in [6.07, 6.45) is 3.69. The van der Waals surface area contributed by atoms with E-state index in [1.807, 2.05) is 25.1 Å². The second kappa shape index (κ2) is 9.67. The predicted octanol–water partition coefficient (Wildman–Crippen LogP) is 3.68.